The average molecular weight is 367 g/mol. The molecule has 0 saturated carbocycles. The third kappa shape index (κ3) is 4.98. The standard InChI is InChI=1S/C22H26N2OS/c1-17(2)26-16-20(25)13-14-24-22(19-11-7-4-8-12-19)15-21(23-24)18-9-5-3-6-10-18/h3-12,17,22H,13-16H2,1-2H3. The van der Waals surface area contributed by atoms with Gasteiger partial charge < -0.3 is 0 Å². The van der Waals surface area contributed by atoms with Crippen LogP contribution in [0, 0.1) is 0 Å². The van der Waals surface area contributed by atoms with E-state index in [1.54, 1.807) is 11.8 Å². The van der Waals surface area contributed by atoms with Gasteiger partial charge in [-0.3, -0.25) is 9.80 Å². The Hall–Kier alpha value is -2.07. The lowest BCUT2D eigenvalue weighted by molar-refractivity contribution is -0.117. The average Bonchev–Trinajstić information content (AvgIpc) is 3.10. The minimum atomic E-state index is 0.206. The van der Waals surface area contributed by atoms with Crippen LogP contribution in [0.1, 0.15) is 43.9 Å². The molecule has 0 bridgehead atoms. The molecule has 2 aromatic carbocycles. The SMILES string of the molecule is CC(C)SCC(=O)CCN1N=C(c2ccccc2)CC1c1ccccc1. The van der Waals surface area contributed by atoms with E-state index in [1.807, 2.05) is 24.3 Å². The Bertz CT molecular complexity index is 743. The minimum Gasteiger partial charge on any atom is -0.299 e. The van der Waals surface area contributed by atoms with E-state index in [1.165, 1.54) is 5.56 Å². The molecule has 26 heavy (non-hydrogen) atoms. The number of rotatable bonds is 8. The monoisotopic (exact) mass is 366 g/mol. The summed E-state index contributed by atoms with van der Waals surface area (Å²) in [5.74, 6) is 0.899. The highest BCUT2D eigenvalue weighted by Crippen LogP contribution is 2.32. The number of Topliss-reactive ketones (excluding diaryl/α,β-unsaturated/α-hetero) is 1. The van der Waals surface area contributed by atoms with Gasteiger partial charge in [-0.1, -0.05) is 74.5 Å². The molecule has 1 heterocycles. The molecule has 0 spiro atoms. The van der Waals surface area contributed by atoms with E-state index in [0.29, 0.717) is 29.8 Å². The summed E-state index contributed by atoms with van der Waals surface area (Å²) < 4.78 is 0. The maximum atomic E-state index is 12.2. The molecule has 3 rings (SSSR count). The largest absolute Gasteiger partial charge is 0.299 e. The summed E-state index contributed by atoms with van der Waals surface area (Å²) in [4.78, 5) is 12.2. The topological polar surface area (TPSA) is 32.7 Å². The number of nitrogens with zero attached hydrogens (tertiary/aromatic N) is 2. The number of thioether (sulfide) groups is 1. The van der Waals surface area contributed by atoms with Crippen molar-refractivity contribution < 1.29 is 4.79 Å². The number of hydrogen-bond acceptors (Lipinski definition) is 4. The minimum absolute atomic E-state index is 0.206. The van der Waals surface area contributed by atoms with Gasteiger partial charge in [0, 0.05) is 19.4 Å². The number of carbonyl (C=O) groups is 1. The van der Waals surface area contributed by atoms with Gasteiger partial charge in [0.1, 0.15) is 5.78 Å². The van der Waals surface area contributed by atoms with Gasteiger partial charge in [0.05, 0.1) is 17.5 Å². The third-order valence-corrected chi connectivity index (χ3v) is 5.64. The predicted molar refractivity (Wildman–Crippen MR) is 111 cm³/mol. The molecule has 0 aliphatic carbocycles. The molecule has 0 aromatic heterocycles. The fourth-order valence-corrected chi connectivity index (χ4v) is 3.77. The fraction of sp³-hybridized carbons (Fsp3) is 0.364. The van der Waals surface area contributed by atoms with Crippen molar-refractivity contribution in [2.75, 3.05) is 12.3 Å². The van der Waals surface area contributed by atoms with E-state index in [9.17, 15) is 4.79 Å². The van der Waals surface area contributed by atoms with Crippen molar-refractivity contribution >= 4 is 23.3 Å². The second-order valence-electron chi connectivity index (χ2n) is 6.85. The van der Waals surface area contributed by atoms with Crippen LogP contribution >= 0.6 is 11.8 Å². The Kier molecular flexibility index (Phi) is 6.51. The van der Waals surface area contributed by atoms with Gasteiger partial charge in [-0.2, -0.15) is 16.9 Å². The molecule has 1 aliphatic heterocycles. The summed E-state index contributed by atoms with van der Waals surface area (Å²) in [6.07, 6.45) is 1.43. The maximum absolute atomic E-state index is 12.2. The highest BCUT2D eigenvalue weighted by Gasteiger charge is 2.28. The van der Waals surface area contributed by atoms with Crippen molar-refractivity contribution in [1.82, 2.24) is 5.01 Å². The molecule has 1 atom stereocenters. The zero-order chi connectivity index (χ0) is 18.4. The molecule has 0 amide bonds. The predicted octanol–water partition coefficient (Wildman–Crippen LogP) is 4.94. The van der Waals surface area contributed by atoms with Crippen molar-refractivity contribution in [2.45, 2.75) is 38.0 Å². The van der Waals surface area contributed by atoms with E-state index in [2.05, 4.69) is 55.3 Å². The van der Waals surface area contributed by atoms with Crippen molar-refractivity contribution in [3.63, 3.8) is 0 Å². The summed E-state index contributed by atoms with van der Waals surface area (Å²) >= 11 is 1.71. The van der Waals surface area contributed by atoms with Crippen LogP contribution in [0.4, 0.5) is 0 Å². The summed E-state index contributed by atoms with van der Waals surface area (Å²) in [5.41, 5.74) is 3.52. The number of hydrogen-bond donors (Lipinski definition) is 0. The summed E-state index contributed by atoms with van der Waals surface area (Å²) in [6.45, 7) is 4.92. The van der Waals surface area contributed by atoms with Crippen LogP contribution in [0.3, 0.4) is 0 Å². The number of benzene rings is 2. The van der Waals surface area contributed by atoms with Gasteiger partial charge in [0.15, 0.2) is 0 Å². The van der Waals surface area contributed by atoms with Crippen LogP contribution in [-0.4, -0.2) is 34.1 Å². The highest BCUT2D eigenvalue weighted by molar-refractivity contribution is 8.00. The van der Waals surface area contributed by atoms with Crippen LogP contribution in [0.25, 0.3) is 0 Å². The Labute approximate surface area is 160 Å². The first-order chi connectivity index (χ1) is 12.6. The first kappa shape index (κ1) is 18.7. The highest BCUT2D eigenvalue weighted by atomic mass is 32.2. The first-order valence-corrected chi connectivity index (χ1v) is 10.3. The van der Waals surface area contributed by atoms with Gasteiger partial charge in [-0.15, -0.1) is 0 Å². The molecule has 0 saturated heterocycles. The lowest BCUT2D eigenvalue weighted by Crippen LogP contribution is -2.23. The van der Waals surface area contributed by atoms with Crippen molar-refractivity contribution in [3.8, 4) is 0 Å². The van der Waals surface area contributed by atoms with Crippen LogP contribution in [0.15, 0.2) is 65.8 Å². The van der Waals surface area contributed by atoms with E-state index in [-0.39, 0.29) is 6.04 Å². The summed E-state index contributed by atoms with van der Waals surface area (Å²) in [5, 5.41) is 7.47. The van der Waals surface area contributed by atoms with Crippen LogP contribution in [0.5, 0.6) is 0 Å². The molecule has 1 aliphatic rings. The van der Waals surface area contributed by atoms with Crippen LogP contribution in [0.2, 0.25) is 0 Å². The van der Waals surface area contributed by atoms with Gasteiger partial charge in [0.25, 0.3) is 0 Å². The summed E-state index contributed by atoms with van der Waals surface area (Å²) in [6, 6.07) is 21.0. The van der Waals surface area contributed by atoms with Crippen LogP contribution < -0.4 is 0 Å². The molecule has 4 heteroatoms. The molecule has 3 nitrogen and oxygen atoms in total. The lowest BCUT2D eigenvalue weighted by Gasteiger charge is -2.23. The number of hydrazone groups is 1. The molecule has 1 unspecified atom stereocenters. The molecule has 0 N–H and O–H groups in total. The van der Waals surface area contributed by atoms with Gasteiger partial charge in [-0.25, -0.2) is 0 Å². The Morgan fingerprint density at radius 2 is 1.77 bits per heavy atom. The fourth-order valence-electron chi connectivity index (χ4n) is 3.10. The lowest BCUT2D eigenvalue weighted by atomic mass is 9.98. The smallest absolute Gasteiger partial charge is 0.144 e. The molecule has 2 aromatic rings. The molecule has 0 fully saturated rings. The third-order valence-electron chi connectivity index (χ3n) is 4.48. The molecule has 136 valence electrons. The van der Waals surface area contributed by atoms with Gasteiger partial charge >= 0.3 is 0 Å². The van der Waals surface area contributed by atoms with Gasteiger partial charge in [-0.05, 0) is 16.4 Å². The normalized spacial score (nSPS) is 16.8. The Morgan fingerprint density at radius 1 is 1.12 bits per heavy atom. The Morgan fingerprint density at radius 3 is 2.42 bits per heavy atom. The Balaban J connectivity index is 1.72. The van der Waals surface area contributed by atoms with E-state index in [0.717, 1.165) is 17.7 Å². The van der Waals surface area contributed by atoms with Crippen LogP contribution in [-0.2, 0) is 4.79 Å². The quantitative estimate of drug-likeness (QED) is 0.663. The zero-order valence-corrected chi connectivity index (χ0v) is 16.3. The zero-order valence-electron chi connectivity index (χ0n) is 15.5. The second-order valence-corrected chi connectivity index (χ2v) is 8.42. The second kappa shape index (κ2) is 9.04. The first-order valence-electron chi connectivity index (χ1n) is 9.21. The number of carbonyl (C=O) groups excluding carboxylic acids is 1. The van der Waals surface area contributed by atoms with E-state index >= 15 is 0 Å². The maximum Gasteiger partial charge on any atom is 0.144 e. The molecular formula is C22H26N2OS. The van der Waals surface area contributed by atoms with E-state index < -0.39 is 0 Å². The summed E-state index contributed by atoms with van der Waals surface area (Å²) in [7, 11) is 0. The van der Waals surface area contributed by atoms with E-state index in [4.69, 9.17) is 5.10 Å². The molecular weight excluding hydrogens is 340 g/mol. The number of ketones is 1. The van der Waals surface area contributed by atoms with Crippen molar-refractivity contribution in [3.05, 3.63) is 71.8 Å². The van der Waals surface area contributed by atoms with Gasteiger partial charge in [0.2, 0.25) is 0 Å². The van der Waals surface area contributed by atoms with Crippen molar-refractivity contribution in [2.24, 2.45) is 5.10 Å². The molecule has 0 radical (unpaired) electrons. The van der Waals surface area contributed by atoms with Crippen molar-refractivity contribution in [1.29, 1.82) is 0 Å².